The Morgan fingerprint density at radius 3 is 2.68 bits per heavy atom. The highest BCUT2D eigenvalue weighted by atomic mass is 32.2. The van der Waals surface area contributed by atoms with Gasteiger partial charge in [0.25, 0.3) is 0 Å². The zero-order valence-corrected chi connectivity index (χ0v) is 11.9. The van der Waals surface area contributed by atoms with Gasteiger partial charge in [-0.05, 0) is 31.0 Å². The number of primary sulfonamides is 1. The van der Waals surface area contributed by atoms with Crippen LogP contribution in [0.2, 0.25) is 0 Å². The topological polar surface area (TPSA) is 102 Å². The number of aliphatic hydroxyl groups is 1. The van der Waals surface area contributed by atoms with Crippen molar-refractivity contribution in [3.63, 3.8) is 0 Å². The zero-order valence-electron chi connectivity index (χ0n) is 11.1. The van der Waals surface area contributed by atoms with Gasteiger partial charge >= 0.3 is 0 Å². The zero-order chi connectivity index (χ0) is 14.5. The lowest BCUT2D eigenvalue weighted by Crippen LogP contribution is -2.30. The molecular weight excluding hydrogens is 268 g/mol. The molecule has 0 amide bonds. The van der Waals surface area contributed by atoms with E-state index in [-0.39, 0.29) is 23.3 Å². The molecule has 1 aromatic rings. The van der Waals surface area contributed by atoms with Crippen LogP contribution in [0.15, 0.2) is 23.1 Å². The van der Waals surface area contributed by atoms with E-state index >= 15 is 0 Å². The van der Waals surface area contributed by atoms with E-state index in [4.69, 9.17) is 15.0 Å². The van der Waals surface area contributed by atoms with E-state index in [1.54, 1.807) is 12.1 Å². The number of methoxy groups -OCH3 is 1. The quantitative estimate of drug-likeness (QED) is 0.648. The van der Waals surface area contributed by atoms with Crippen LogP contribution in [0.5, 0.6) is 5.75 Å². The summed E-state index contributed by atoms with van der Waals surface area (Å²) in [7, 11) is -2.41. The summed E-state index contributed by atoms with van der Waals surface area (Å²) in [6, 6.07) is 5.03. The van der Waals surface area contributed by atoms with Crippen molar-refractivity contribution in [2.24, 2.45) is 5.14 Å². The molecule has 0 heterocycles. The molecule has 0 aliphatic rings. The molecule has 7 heteroatoms. The van der Waals surface area contributed by atoms with E-state index in [9.17, 15) is 8.42 Å². The number of ether oxygens (including phenoxy) is 1. The van der Waals surface area contributed by atoms with Gasteiger partial charge in [-0.2, -0.15) is 0 Å². The van der Waals surface area contributed by atoms with E-state index in [0.29, 0.717) is 13.0 Å². The Morgan fingerprint density at radius 2 is 2.16 bits per heavy atom. The average Bonchev–Trinajstić information content (AvgIpc) is 2.35. The third-order valence-electron chi connectivity index (χ3n) is 2.68. The van der Waals surface area contributed by atoms with Crippen molar-refractivity contribution in [1.29, 1.82) is 0 Å². The second-order valence-electron chi connectivity index (χ2n) is 4.31. The van der Waals surface area contributed by atoms with Crippen LogP contribution in [0.4, 0.5) is 0 Å². The molecule has 1 rings (SSSR count). The summed E-state index contributed by atoms with van der Waals surface area (Å²) in [6.07, 6.45) is 0.631. The summed E-state index contributed by atoms with van der Waals surface area (Å²) in [4.78, 5) is -0.0122. The molecule has 0 aliphatic carbocycles. The van der Waals surface area contributed by atoms with Gasteiger partial charge in [-0.15, -0.1) is 0 Å². The first kappa shape index (κ1) is 15.9. The highest BCUT2D eigenvalue weighted by molar-refractivity contribution is 7.89. The summed E-state index contributed by atoms with van der Waals surface area (Å²) in [6.45, 7) is 2.52. The molecule has 0 unspecified atom stereocenters. The van der Waals surface area contributed by atoms with Gasteiger partial charge in [0.05, 0.1) is 13.7 Å². The van der Waals surface area contributed by atoms with Crippen molar-refractivity contribution >= 4 is 10.0 Å². The molecule has 108 valence electrons. The van der Waals surface area contributed by atoms with Crippen molar-refractivity contribution in [2.45, 2.75) is 24.3 Å². The van der Waals surface area contributed by atoms with E-state index < -0.39 is 10.0 Å². The van der Waals surface area contributed by atoms with E-state index in [2.05, 4.69) is 5.32 Å². The molecular formula is C12H20N2O4S. The Kier molecular flexibility index (Phi) is 5.74. The van der Waals surface area contributed by atoms with Gasteiger partial charge in [-0.25, -0.2) is 13.6 Å². The minimum Gasteiger partial charge on any atom is -0.495 e. The number of aliphatic hydroxyl groups excluding tert-OH is 1. The van der Waals surface area contributed by atoms with Crippen LogP contribution in [0.1, 0.15) is 12.5 Å². The smallest absolute Gasteiger partial charge is 0.241 e. The van der Waals surface area contributed by atoms with Crippen LogP contribution in [0.25, 0.3) is 0 Å². The summed E-state index contributed by atoms with van der Waals surface area (Å²) in [5.41, 5.74) is 0.836. The predicted molar refractivity (Wildman–Crippen MR) is 72.6 cm³/mol. The maximum absolute atomic E-state index is 11.5. The summed E-state index contributed by atoms with van der Waals surface area (Å²) in [5, 5.41) is 17.0. The van der Waals surface area contributed by atoms with Gasteiger partial charge in [-0.3, -0.25) is 0 Å². The Balaban J connectivity index is 2.93. The molecule has 1 atom stereocenters. The van der Waals surface area contributed by atoms with Gasteiger partial charge in [-0.1, -0.05) is 6.07 Å². The van der Waals surface area contributed by atoms with Gasteiger partial charge in [0.2, 0.25) is 10.0 Å². The lowest BCUT2D eigenvalue weighted by Gasteiger charge is -2.14. The summed E-state index contributed by atoms with van der Waals surface area (Å²) < 4.78 is 27.9. The van der Waals surface area contributed by atoms with Crippen LogP contribution < -0.4 is 15.2 Å². The molecule has 0 aliphatic heterocycles. The van der Waals surface area contributed by atoms with Crippen molar-refractivity contribution in [3.05, 3.63) is 23.8 Å². The Bertz CT molecular complexity index is 516. The fourth-order valence-corrected chi connectivity index (χ4v) is 2.55. The van der Waals surface area contributed by atoms with Crippen molar-refractivity contribution in [1.82, 2.24) is 5.32 Å². The molecule has 4 N–H and O–H groups in total. The number of nitrogens with one attached hydrogen (secondary N) is 1. The predicted octanol–water partition coefficient (Wildman–Crippen LogP) is -0.144. The normalized spacial score (nSPS) is 13.3. The molecule has 0 radical (unpaired) electrons. The summed E-state index contributed by atoms with van der Waals surface area (Å²) in [5.74, 6) is 0.238. The molecule has 0 spiro atoms. The number of hydrogen-bond donors (Lipinski definition) is 3. The maximum atomic E-state index is 11.5. The lowest BCUT2D eigenvalue weighted by atomic mass is 10.1. The molecule has 19 heavy (non-hydrogen) atoms. The van der Waals surface area contributed by atoms with Crippen molar-refractivity contribution in [2.75, 3.05) is 20.3 Å². The molecule has 0 bridgehead atoms. The highest BCUT2D eigenvalue weighted by Crippen LogP contribution is 2.24. The van der Waals surface area contributed by atoms with Crippen LogP contribution in [0.3, 0.4) is 0 Å². The maximum Gasteiger partial charge on any atom is 0.241 e. The number of nitrogens with two attached hydrogens (primary N) is 1. The first-order valence-corrected chi connectivity index (χ1v) is 7.47. The third kappa shape index (κ3) is 4.79. The van der Waals surface area contributed by atoms with Crippen molar-refractivity contribution < 1.29 is 18.3 Å². The van der Waals surface area contributed by atoms with Crippen molar-refractivity contribution in [3.8, 4) is 5.75 Å². The number of hydrogen-bond acceptors (Lipinski definition) is 5. The Labute approximate surface area is 113 Å². The second kappa shape index (κ2) is 6.85. The minimum atomic E-state index is -3.81. The summed E-state index contributed by atoms with van der Waals surface area (Å²) >= 11 is 0. The van der Waals surface area contributed by atoms with Crippen LogP contribution >= 0.6 is 0 Å². The van der Waals surface area contributed by atoms with Gasteiger partial charge < -0.3 is 15.2 Å². The Morgan fingerprint density at radius 1 is 1.47 bits per heavy atom. The Hall–Kier alpha value is -1.15. The molecule has 0 saturated carbocycles. The van der Waals surface area contributed by atoms with E-state index in [0.717, 1.165) is 5.56 Å². The molecule has 0 aromatic heterocycles. The van der Waals surface area contributed by atoms with Crippen LogP contribution in [0, 0.1) is 0 Å². The van der Waals surface area contributed by atoms with Crippen LogP contribution in [-0.2, 0) is 16.4 Å². The third-order valence-corrected chi connectivity index (χ3v) is 3.61. The molecule has 0 saturated heterocycles. The molecule has 6 nitrogen and oxygen atoms in total. The van der Waals surface area contributed by atoms with E-state index in [1.807, 2.05) is 6.92 Å². The largest absolute Gasteiger partial charge is 0.495 e. The van der Waals surface area contributed by atoms with Gasteiger partial charge in [0.15, 0.2) is 0 Å². The fraction of sp³-hybridized carbons (Fsp3) is 0.500. The van der Waals surface area contributed by atoms with E-state index in [1.165, 1.54) is 13.2 Å². The first-order chi connectivity index (χ1) is 8.88. The molecule has 0 fully saturated rings. The first-order valence-electron chi connectivity index (χ1n) is 5.92. The second-order valence-corrected chi connectivity index (χ2v) is 5.84. The highest BCUT2D eigenvalue weighted by Gasteiger charge is 2.16. The minimum absolute atomic E-state index is 0.0122. The molecule has 1 aromatic carbocycles. The number of sulfonamides is 1. The van der Waals surface area contributed by atoms with Crippen LogP contribution in [-0.4, -0.2) is 39.8 Å². The SMILES string of the molecule is COc1ccc(C[C@@H](C)NCCO)cc1S(N)(=O)=O. The average molecular weight is 288 g/mol. The fourth-order valence-electron chi connectivity index (χ4n) is 1.81. The number of benzene rings is 1. The standard InChI is InChI=1S/C12H20N2O4S/c1-9(14-5-6-15)7-10-3-4-11(18-2)12(8-10)19(13,16)17/h3-4,8-9,14-15H,5-7H2,1-2H3,(H2,13,16,17)/t9-/m1/s1. The van der Waals surface area contributed by atoms with Gasteiger partial charge in [0.1, 0.15) is 10.6 Å². The monoisotopic (exact) mass is 288 g/mol. The number of rotatable bonds is 7. The lowest BCUT2D eigenvalue weighted by molar-refractivity contribution is 0.285. The van der Waals surface area contributed by atoms with Gasteiger partial charge in [0, 0.05) is 12.6 Å².